The van der Waals surface area contributed by atoms with Gasteiger partial charge in [-0.05, 0) is 61.4 Å². The molecule has 2 aromatic rings. The summed E-state index contributed by atoms with van der Waals surface area (Å²) in [5, 5.41) is 14.9. The predicted molar refractivity (Wildman–Crippen MR) is 117 cm³/mol. The highest BCUT2D eigenvalue weighted by Crippen LogP contribution is 2.41. The van der Waals surface area contributed by atoms with E-state index >= 15 is 0 Å². The minimum Gasteiger partial charge on any atom is -0.359 e. The third kappa shape index (κ3) is 3.25. The number of likely N-dealkylation sites (tertiary alicyclic amines) is 1. The summed E-state index contributed by atoms with van der Waals surface area (Å²) in [4.78, 5) is 29.9. The second-order valence-corrected chi connectivity index (χ2v) is 8.91. The second-order valence-electron chi connectivity index (χ2n) is 8.91. The lowest BCUT2D eigenvalue weighted by atomic mass is 9.89. The van der Waals surface area contributed by atoms with E-state index < -0.39 is 17.7 Å². The summed E-state index contributed by atoms with van der Waals surface area (Å²) in [7, 11) is 0. The van der Waals surface area contributed by atoms with Crippen LogP contribution in [0.15, 0.2) is 42.5 Å². The van der Waals surface area contributed by atoms with E-state index in [1.165, 1.54) is 4.90 Å². The molecule has 0 bridgehead atoms. The predicted octanol–water partition coefficient (Wildman–Crippen LogP) is 4.01. The molecule has 0 radical (unpaired) electrons. The highest BCUT2D eigenvalue weighted by atomic mass is 16.3. The molecule has 3 amide bonds. The first-order valence-electron chi connectivity index (χ1n) is 10.5. The maximum absolute atomic E-state index is 13.9. The number of benzene rings is 2. The summed E-state index contributed by atoms with van der Waals surface area (Å²) in [5.74, 6) is 0.217. The van der Waals surface area contributed by atoms with Gasteiger partial charge >= 0.3 is 6.03 Å². The SMILES string of the molecule is Cc1ccc(N2C(=O)Nc3ccccc3C2(O)C(=O)N2CC(C)CC(C)C2)cc1C. The van der Waals surface area contributed by atoms with E-state index in [1.54, 1.807) is 35.2 Å². The fraction of sp³-hybridized carbons (Fsp3) is 0.417. The van der Waals surface area contributed by atoms with Gasteiger partial charge < -0.3 is 15.3 Å². The molecular weight excluding hydrogens is 378 g/mol. The first kappa shape index (κ1) is 20.4. The normalized spacial score (nSPS) is 26.2. The van der Waals surface area contributed by atoms with Crippen molar-refractivity contribution in [3.63, 3.8) is 0 Å². The fourth-order valence-corrected chi connectivity index (χ4v) is 4.76. The number of aliphatic hydroxyl groups is 1. The molecule has 30 heavy (non-hydrogen) atoms. The maximum Gasteiger partial charge on any atom is 0.329 e. The van der Waals surface area contributed by atoms with Crippen LogP contribution in [0.4, 0.5) is 16.2 Å². The van der Waals surface area contributed by atoms with Crippen molar-refractivity contribution < 1.29 is 14.7 Å². The van der Waals surface area contributed by atoms with Gasteiger partial charge in [-0.3, -0.25) is 9.69 Å². The number of hydrogen-bond donors (Lipinski definition) is 2. The molecule has 2 aromatic carbocycles. The van der Waals surface area contributed by atoms with Gasteiger partial charge in [0.15, 0.2) is 0 Å². The highest BCUT2D eigenvalue weighted by Gasteiger charge is 2.54. The van der Waals surface area contributed by atoms with Gasteiger partial charge in [0.1, 0.15) is 0 Å². The fourth-order valence-electron chi connectivity index (χ4n) is 4.76. The number of urea groups is 1. The van der Waals surface area contributed by atoms with Crippen LogP contribution in [0, 0.1) is 25.7 Å². The lowest BCUT2D eigenvalue weighted by Gasteiger charge is -2.46. The van der Waals surface area contributed by atoms with Crippen molar-refractivity contribution in [3.8, 4) is 0 Å². The minimum absolute atomic E-state index is 0.337. The summed E-state index contributed by atoms with van der Waals surface area (Å²) in [6.07, 6.45) is 1.04. The number of aryl methyl sites for hydroxylation is 2. The first-order chi connectivity index (χ1) is 14.2. The average molecular weight is 408 g/mol. The van der Waals surface area contributed by atoms with Crippen LogP contribution in [0.2, 0.25) is 0 Å². The zero-order valence-corrected chi connectivity index (χ0v) is 18.0. The number of nitrogens with zero attached hydrogens (tertiary/aromatic N) is 2. The van der Waals surface area contributed by atoms with Crippen LogP contribution in [0.1, 0.15) is 37.0 Å². The molecule has 1 saturated heterocycles. The van der Waals surface area contributed by atoms with Crippen molar-refractivity contribution in [1.29, 1.82) is 0 Å². The Bertz CT molecular complexity index is 995. The van der Waals surface area contributed by atoms with E-state index in [2.05, 4.69) is 19.2 Å². The molecule has 0 aromatic heterocycles. The van der Waals surface area contributed by atoms with E-state index in [-0.39, 0.29) is 0 Å². The van der Waals surface area contributed by atoms with Gasteiger partial charge in [-0.25, -0.2) is 4.79 Å². The van der Waals surface area contributed by atoms with Crippen LogP contribution < -0.4 is 10.2 Å². The molecule has 0 spiro atoms. The monoisotopic (exact) mass is 407 g/mol. The molecule has 3 unspecified atom stereocenters. The van der Waals surface area contributed by atoms with Crippen LogP contribution in [-0.2, 0) is 10.5 Å². The van der Waals surface area contributed by atoms with E-state index in [0.29, 0.717) is 41.9 Å². The van der Waals surface area contributed by atoms with Gasteiger partial charge in [0.25, 0.3) is 11.6 Å². The molecule has 2 aliphatic heterocycles. The zero-order valence-electron chi connectivity index (χ0n) is 18.0. The summed E-state index contributed by atoms with van der Waals surface area (Å²) in [6.45, 7) is 9.29. The number of piperidine rings is 1. The van der Waals surface area contributed by atoms with E-state index in [0.717, 1.165) is 17.5 Å². The summed E-state index contributed by atoms with van der Waals surface area (Å²) < 4.78 is 0. The zero-order chi connectivity index (χ0) is 21.6. The Kier molecular flexibility index (Phi) is 5.06. The molecule has 3 atom stereocenters. The Balaban J connectivity index is 1.87. The van der Waals surface area contributed by atoms with Gasteiger partial charge in [0.2, 0.25) is 0 Å². The quantitative estimate of drug-likeness (QED) is 0.790. The standard InChI is InChI=1S/C24H29N3O3/c1-15-11-16(2)14-26(13-15)22(28)24(30)20-7-5-6-8-21(20)25-23(29)27(24)19-10-9-17(3)18(4)12-19/h5-10,12,15-16,30H,11,13-14H2,1-4H3,(H,25,29). The van der Waals surface area contributed by atoms with Crippen molar-refractivity contribution in [2.24, 2.45) is 11.8 Å². The van der Waals surface area contributed by atoms with Crippen LogP contribution in [-0.4, -0.2) is 35.0 Å². The maximum atomic E-state index is 13.9. The van der Waals surface area contributed by atoms with E-state index in [9.17, 15) is 14.7 Å². The number of hydrogen-bond acceptors (Lipinski definition) is 3. The van der Waals surface area contributed by atoms with Crippen molar-refractivity contribution in [2.45, 2.75) is 39.8 Å². The number of rotatable bonds is 2. The Labute approximate surface area is 177 Å². The Morgan fingerprint density at radius 1 is 1.07 bits per heavy atom. The van der Waals surface area contributed by atoms with Gasteiger partial charge in [0, 0.05) is 24.3 Å². The number of carbonyl (C=O) groups is 2. The topological polar surface area (TPSA) is 72.9 Å². The summed E-state index contributed by atoms with van der Waals surface area (Å²) in [5.41, 5.74) is 1.27. The number of carbonyl (C=O) groups excluding carboxylic acids is 2. The van der Waals surface area contributed by atoms with Crippen LogP contribution in [0.3, 0.4) is 0 Å². The molecule has 6 heteroatoms. The second kappa shape index (κ2) is 7.43. The van der Waals surface area contributed by atoms with Gasteiger partial charge in [-0.1, -0.05) is 38.1 Å². The van der Waals surface area contributed by atoms with Gasteiger partial charge in [0.05, 0.1) is 5.69 Å². The smallest absolute Gasteiger partial charge is 0.329 e. The van der Waals surface area contributed by atoms with Crippen molar-refractivity contribution in [2.75, 3.05) is 23.3 Å². The van der Waals surface area contributed by atoms with Gasteiger partial charge in [-0.15, -0.1) is 0 Å². The molecule has 1 fully saturated rings. The van der Waals surface area contributed by atoms with E-state index in [4.69, 9.17) is 0 Å². The number of nitrogens with one attached hydrogen (secondary N) is 1. The molecule has 2 aliphatic rings. The third-order valence-corrected chi connectivity index (χ3v) is 6.27. The van der Waals surface area contributed by atoms with Crippen LogP contribution in [0.5, 0.6) is 0 Å². The Morgan fingerprint density at radius 2 is 1.73 bits per heavy atom. The Morgan fingerprint density at radius 3 is 2.40 bits per heavy atom. The molecule has 0 aliphatic carbocycles. The molecule has 158 valence electrons. The third-order valence-electron chi connectivity index (χ3n) is 6.27. The number of fused-ring (bicyclic) bond motifs is 1. The van der Waals surface area contributed by atoms with Gasteiger partial charge in [-0.2, -0.15) is 0 Å². The molecule has 0 saturated carbocycles. The first-order valence-corrected chi connectivity index (χ1v) is 10.5. The highest BCUT2D eigenvalue weighted by molar-refractivity contribution is 6.11. The number of amides is 3. The largest absolute Gasteiger partial charge is 0.359 e. The molecule has 4 rings (SSSR count). The number of para-hydroxylation sites is 1. The lowest BCUT2D eigenvalue weighted by Crippen LogP contribution is -2.64. The molecular formula is C24H29N3O3. The minimum atomic E-state index is -2.11. The van der Waals surface area contributed by atoms with Crippen molar-refractivity contribution in [1.82, 2.24) is 4.90 Å². The number of anilines is 2. The summed E-state index contributed by atoms with van der Waals surface area (Å²) >= 11 is 0. The lowest BCUT2D eigenvalue weighted by molar-refractivity contribution is -0.154. The van der Waals surface area contributed by atoms with Crippen LogP contribution in [0.25, 0.3) is 0 Å². The Hall–Kier alpha value is -2.86. The molecule has 6 nitrogen and oxygen atoms in total. The van der Waals surface area contributed by atoms with Crippen LogP contribution >= 0.6 is 0 Å². The van der Waals surface area contributed by atoms with E-state index in [1.807, 2.05) is 26.0 Å². The summed E-state index contributed by atoms with van der Waals surface area (Å²) in [6, 6.07) is 12.0. The molecule has 2 N–H and O–H groups in total. The molecule has 2 heterocycles. The van der Waals surface area contributed by atoms with Crippen molar-refractivity contribution >= 4 is 23.3 Å². The van der Waals surface area contributed by atoms with Crippen molar-refractivity contribution in [3.05, 3.63) is 59.2 Å². The average Bonchev–Trinajstić information content (AvgIpc) is 2.69.